The van der Waals surface area contributed by atoms with E-state index in [4.69, 9.17) is 4.42 Å². The quantitative estimate of drug-likeness (QED) is 0.556. The molecular weight excluding hydrogens is 367 g/mol. The van der Waals surface area contributed by atoms with Crippen molar-refractivity contribution < 1.29 is 13.6 Å². The van der Waals surface area contributed by atoms with Crippen molar-refractivity contribution in [2.75, 3.05) is 0 Å². The van der Waals surface area contributed by atoms with Crippen molar-refractivity contribution in [1.82, 2.24) is 9.88 Å². The van der Waals surface area contributed by atoms with E-state index in [0.717, 1.165) is 12.8 Å². The van der Waals surface area contributed by atoms with Crippen molar-refractivity contribution in [2.45, 2.75) is 38.3 Å². The van der Waals surface area contributed by atoms with Crippen molar-refractivity contribution in [2.24, 2.45) is 0 Å². The van der Waals surface area contributed by atoms with Gasteiger partial charge in [-0.3, -0.25) is 4.79 Å². The Kier molecular flexibility index (Phi) is 5.30. The Morgan fingerprint density at radius 1 is 1.34 bits per heavy atom. The Balaban J connectivity index is 1.61. The largest absolute Gasteiger partial charge is 0.440 e. The third-order valence-corrected chi connectivity index (χ3v) is 5.31. The summed E-state index contributed by atoms with van der Waals surface area (Å²) in [6.07, 6.45) is 7.86. The summed E-state index contributed by atoms with van der Waals surface area (Å²) < 4.78 is 19.7. The first-order valence-corrected chi connectivity index (χ1v) is 9.80. The van der Waals surface area contributed by atoms with Gasteiger partial charge in [0.25, 0.3) is 5.91 Å². The molecule has 0 bridgehead atoms. The molecule has 0 spiro atoms. The average molecular weight is 390 g/mol. The van der Waals surface area contributed by atoms with Crippen LogP contribution in [0.3, 0.4) is 0 Å². The molecule has 1 amide bonds. The highest BCUT2D eigenvalue weighted by atomic mass is 19.1. The Hall–Kier alpha value is -3.21. The maximum Gasteiger partial charge on any atom is 0.254 e. The molecule has 1 aliphatic rings. The fourth-order valence-corrected chi connectivity index (χ4v) is 3.86. The molecule has 4 nitrogen and oxygen atoms in total. The molecule has 0 radical (unpaired) electrons. The van der Waals surface area contributed by atoms with Crippen LogP contribution in [0, 0.1) is 5.82 Å². The first kappa shape index (κ1) is 19.1. The van der Waals surface area contributed by atoms with E-state index in [2.05, 4.69) is 23.7 Å². The zero-order valence-electron chi connectivity index (χ0n) is 16.3. The number of nitrogens with zero attached hydrogens (tertiary/aromatic N) is 2. The normalized spacial score (nSPS) is 18.9. The Bertz CT molecular complexity index is 1090. The molecule has 29 heavy (non-hydrogen) atoms. The molecule has 5 heteroatoms. The van der Waals surface area contributed by atoms with E-state index in [1.807, 2.05) is 17.9 Å². The van der Waals surface area contributed by atoms with Crippen LogP contribution in [0.2, 0.25) is 0 Å². The number of aromatic nitrogens is 1. The van der Waals surface area contributed by atoms with Gasteiger partial charge >= 0.3 is 0 Å². The molecule has 4 rings (SSSR count). The molecule has 148 valence electrons. The fourth-order valence-electron chi connectivity index (χ4n) is 3.86. The molecule has 0 unspecified atom stereocenters. The number of oxazole rings is 1. The molecule has 3 aromatic rings. The smallest absolute Gasteiger partial charge is 0.254 e. The molecule has 0 fully saturated rings. The monoisotopic (exact) mass is 390 g/mol. The fraction of sp³-hybridized carbons (Fsp3) is 0.250. The van der Waals surface area contributed by atoms with Crippen molar-refractivity contribution in [3.8, 4) is 0 Å². The van der Waals surface area contributed by atoms with Gasteiger partial charge in [-0.2, -0.15) is 0 Å². The standard InChI is InChI=1S/C24H23FN2O2/c1-3-7-19-10-6-8-16(2)27(19)24(28)18-12-13-21-22(14-18)29-23(26-21)15-17-9-4-5-11-20(17)25/h3-6,8-9,11-14,16,19H,1,7,10,15H2,2H3/t16-,19-/m1/s1. The van der Waals surface area contributed by atoms with Crippen molar-refractivity contribution in [1.29, 1.82) is 0 Å². The minimum absolute atomic E-state index is 0.0169. The number of hydrogen-bond acceptors (Lipinski definition) is 3. The van der Waals surface area contributed by atoms with Gasteiger partial charge in [0.2, 0.25) is 0 Å². The molecule has 1 aliphatic heterocycles. The predicted molar refractivity (Wildman–Crippen MR) is 111 cm³/mol. The number of benzene rings is 2. The van der Waals surface area contributed by atoms with Crippen LogP contribution in [0.4, 0.5) is 4.39 Å². The number of fused-ring (bicyclic) bond motifs is 1. The summed E-state index contributed by atoms with van der Waals surface area (Å²) in [5.74, 6) is 0.0992. The van der Waals surface area contributed by atoms with E-state index in [-0.39, 0.29) is 30.2 Å². The second-order valence-corrected chi connectivity index (χ2v) is 7.35. The summed E-state index contributed by atoms with van der Waals surface area (Å²) in [7, 11) is 0. The molecule has 2 heterocycles. The molecule has 2 atom stereocenters. The van der Waals surface area contributed by atoms with Crippen LogP contribution in [0.25, 0.3) is 11.1 Å². The summed E-state index contributed by atoms with van der Waals surface area (Å²) in [5, 5.41) is 0. The number of hydrogen-bond donors (Lipinski definition) is 0. The van der Waals surface area contributed by atoms with Crippen molar-refractivity contribution in [3.63, 3.8) is 0 Å². The summed E-state index contributed by atoms with van der Waals surface area (Å²) in [4.78, 5) is 19.6. The molecule has 2 aromatic carbocycles. The molecule has 1 aromatic heterocycles. The van der Waals surface area contributed by atoms with Gasteiger partial charge in [0, 0.05) is 17.6 Å². The second kappa shape index (κ2) is 8.03. The van der Waals surface area contributed by atoms with Gasteiger partial charge < -0.3 is 9.32 Å². The molecule has 0 saturated carbocycles. The summed E-state index contributed by atoms with van der Waals surface area (Å²) in [6.45, 7) is 5.84. The zero-order chi connectivity index (χ0) is 20.4. The van der Waals surface area contributed by atoms with Crippen LogP contribution in [0.1, 0.15) is 41.6 Å². The Labute approximate surface area is 169 Å². The lowest BCUT2D eigenvalue weighted by Crippen LogP contribution is -2.46. The second-order valence-electron chi connectivity index (χ2n) is 7.35. The van der Waals surface area contributed by atoms with E-state index >= 15 is 0 Å². The van der Waals surface area contributed by atoms with Crippen LogP contribution in [-0.2, 0) is 6.42 Å². The lowest BCUT2D eigenvalue weighted by atomic mass is 9.99. The number of rotatable bonds is 5. The minimum atomic E-state index is -0.286. The van der Waals surface area contributed by atoms with E-state index in [1.54, 1.807) is 36.4 Å². The van der Waals surface area contributed by atoms with Crippen LogP contribution < -0.4 is 0 Å². The van der Waals surface area contributed by atoms with E-state index in [0.29, 0.717) is 28.1 Å². The SMILES string of the molecule is C=CC[C@@H]1CC=C[C@@H](C)N1C(=O)c1ccc2nc(Cc3ccccc3F)oc2c1. The third kappa shape index (κ3) is 3.86. The maximum atomic E-state index is 13.9. The van der Waals surface area contributed by atoms with E-state index in [1.165, 1.54) is 6.07 Å². The summed E-state index contributed by atoms with van der Waals surface area (Å²) in [5.41, 5.74) is 2.27. The van der Waals surface area contributed by atoms with Gasteiger partial charge in [-0.1, -0.05) is 36.4 Å². The topological polar surface area (TPSA) is 46.3 Å². The highest BCUT2D eigenvalue weighted by molar-refractivity contribution is 5.97. The molecule has 0 aliphatic carbocycles. The zero-order valence-corrected chi connectivity index (χ0v) is 16.3. The van der Waals surface area contributed by atoms with Gasteiger partial charge in [-0.25, -0.2) is 9.37 Å². The Morgan fingerprint density at radius 2 is 2.17 bits per heavy atom. The van der Waals surface area contributed by atoms with Gasteiger partial charge in [0.15, 0.2) is 11.5 Å². The summed E-state index contributed by atoms with van der Waals surface area (Å²) >= 11 is 0. The van der Waals surface area contributed by atoms with Crippen LogP contribution in [0.15, 0.2) is 71.7 Å². The molecular formula is C24H23FN2O2. The minimum Gasteiger partial charge on any atom is -0.440 e. The highest BCUT2D eigenvalue weighted by Gasteiger charge is 2.29. The predicted octanol–water partition coefficient (Wildman–Crippen LogP) is 5.29. The van der Waals surface area contributed by atoms with Gasteiger partial charge in [0.1, 0.15) is 11.3 Å². The van der Waals surface area contributed by atoms with Crippen LogP contribution >= 0.6 is 0 Å². The third-order valence-electron chi connectivity index (χ3n) is 5.31. The number of carbonyl (C=O) groups is 1. The van der Waals surface area contributed by atoms with Gasteiger partial charge in [-0.05, 0) is 49.6 Å². The highest BCUT2D eigenvalue weighted by Crippen LogP contribution is 2.25. The number of halogens is 1. The van der Waals surface area contributed by atoms with E-state index in [9.17, 15) is 9.18 Å². The first-order chi connectivity index (χ1) is 14.1. The first-order valence-electron chi connectivity index (χ1n) is 9.80. The molecule has 0 N–H and O–H groups in total. The van der Waals surface area contributed by atoms with Crippen LogP contribution in [0.5, 0.6) is 0 Å². The van der Waals surface area contributed by atoms with Gasteiger partial charge in [-0.15, -0.1) is 6.58 Å². The molecule has 0 saturated heterocycles. The lowest BCUT2D eigenvalue weighted by molar-refractivity contribution is 0.0622. The lowest BCUT2D eigenvalue weighted by Gasteiger charge is -2.37. The maximum absolute atomic E-state index is 13.9. The Morgan fingerprint density at radius 3 is 2.97 bits per heavy atom. The number of carbonyl (C=O) groups excluding carboxylic acids is 1. The number of amides is 1. The van der Waals surface area contributed by atoms with Crippen molar-refractivity contribution >= 4 is 17.0 Å². The van der Waals surface area contributed by atoms with Crippen molar-refractivity contribution in [3.05, 3.63) is 90.1 Å². The average Bonchev–Trinajstić information content (AvgIpc) is 3.11. The van der Waals surface area contributed by atoms with Gasteiger partial charge in [0.05, 0.1) is 6.42 Å². The van der Waals surface area contributed by atoms with E-state index < -0.39 is 0 Å². The van der Waals surface area contributed by atoms with Crippen LogP contribution in [-0.4, -0.2) is 27.9 Å². The summed E-state index contributed by atoms with van der Waals surface area (Å²) in [6, 6.07) is 12.0.